The number of carbonyl (C=O) groups is 1. The van der Waals surface area contributed by atoms with Crippen molar-refractivity contribution in [1.29, 1.82) is 0 Å². The lowest BCUT2D eigenvalue weighted by Crippen LogP contribution is -2.40. The summed E-state index contributed by atoms with van der Waals surface area (Å²) in [7, 11) is 0. The third kappa shape index (κ3) is 3.79. The highest BCUT2D eigenvalue weighted by molar-refractivity contribution is 5.88. The van der Waals surface area contributed by atoms with Crippen LogP contribution in [0.1, 0.15) is 17.7 Å². The molecule has 0 radical (unpaired) electrons. The average molecular weight is 329 g/mol. The van der Waals surface area contributed by atoms with Gasteiger partial charge in [0.1, 0.15) is 5.82 Å². The second kappa shape index (κ2) is 6.82. The number of amides is 2. The summed E-state index contributed by atoms with van der Waals surface area (Å²) in [5.74, 6) is 0.510. The smallest absolute Gasteiger partial charge is 0.320 e. The van der Waals surface area contributed by atoms with Crippen molar-refractivity contribution < 1.29 is 9.18 Å². The first-order valence-electron chi connectivity index (χ1n) is 7.89. The molecule has 2 aromatic heterocycles. The van der Waals surface area contributed by atoms with Crippen molar-refractivity contribution in [3.63, 3.8) is 0 Å². The first kappa shape index (κ1) is 16.2. The summed E-state index contributed by atoms with van der Waals surface area (Å²) in [6, 6.07) is 6.35. The Morgan fingerprint density at radius 3 is 2.96 bits per heavy atom. The number of aryl methyl sites for hydroxylation is 2. The summed E-state index contributed by atoms with van der Waals surface area (Å²) in [4.78, 5) is 22.3. The predicted molar refractivity (Wildman–Crippen MR) is 90.7 cm³/mol. The molecule has 1 aliphatic heterocycles. The Labute approximate surface area is 140 Å². The summed E-state index contributed by atoms with van der Waals surface area (Å²) in [6.07, 6.45) is 2.31. The lowest BCUT2D eigenvalue weighted by Gasteiger charge is -2.18. The molecule has 0 spiro atoms. The number of anilines is 2. The number of halogens is 1. The van der Waals surface area contributed by atoms with Crippen LogP contribution in [0.15, 0.2) is 30.5 Å². The van der Waals surface area contributed by atoms with Crippen molar-refractivity contribution >= 4 is 17.7 Å². The Bertz CT molecular complexity index is 731. The first-order valence-corrected chi connectivity index (χ1v) is 7.89. The molecule has 24 heavy (non-hydrogen) atoms. The van der Waals surface area contributed by atoms with Gasteiger partial charge >= 0.3 is 6.03 Å². The molecule has 0 bridgehead atoms. The van der Waals surface area contributed by atoms with Gasteiger partial charge in [0.2, 0.25) is 0 Å². The van der Waals surface area contributed by atoms with E-state index in [1.54, 1.807) is 12.3 Å². The fourth-order valence-corrected chi connectivity index (χ4v) is 2.92. The van der Waals surface area contributed by atoms with E-state index in [0.29, 0.717) is 24.7 Å². The molecule has 1 atom stereocenters. The average Bonchev–Trinajstić information content (AvgIpc) is 2.94. The number of hydrogen-bond donors (Lipinski definition) is 2. The lowest BCUT2D eigenvalue weighted by molar-refractivity contribution is 0.249. The lowest BCUT2D eigenvalue weighted by atomic mass is 10.2. The highest BCUT2D eigenvalue weighted by Gasteiger charge is 2.26. The van der Waals surface area contributed by atoms with E-state index in [1.165, 1.54) is 6.07 Å². The largest absolute Gasteiger partial charge is 0.352 e. The molecule has 1 unspecified atom stereocenters. The van der Waals surface area contributed by atoms with E-state index in [4.69, 9.17) is 0 Å². The predicted octanol–water partition coefficient (Wildman–Crippen LogP) is 2.63. The Morgan fingerprint density at radius 1 is 1.38 bits per heavy atom. The van der Waals surface area contributed by atoms with Gasteiger partial charge < -0.3 is 10.2 Å². The molecule has 7 heteroatoms. The molecule has 2 aromatic rings. The molecule has 3 rings (SSSR count). The Kier molecular flexibility index (Phi) is 4.59. The van der Waals surface area contributed by atoms with E-state index in [0.717, 1.165) is 17.7 Å². The fourth-order valence-electron chi connectivity index (χ4n) is 2.92. The Morgan fingerprint density at radius 2 is 2.21 bits per heavy atom. The van der Waals surface area contributed by atoms with Crippen molar-refractivity contribution in [1.82, 2.24) is 15.3 Å². The Balaban J connectivity index is 1.57. The van der Waals surface area contributed by atoms with E-state index < -0.39 is 0 Å². The van der Waals surface area contributed by atoms with Crippen molar-refractivity contribution in [3.05, 3.63) is 47.5 Å². The first-order chi connectivity index (χ1) is 11.5. The van der Waals surface area contributed by atoms with Gasteiger partial charge in [0.05, 0.1) is 0 Å². The van der Waals surface area contributed by atoms with E-state index in [-0.39, 0.29) is 17.9 Å². The monoisotopic (exact) mass is 329 g/mol. The van der Waals surface area contributed by atoms with Crippen LogP contribution in [0.5, 0.6) is 0 Å². The maximum atomic E-state index is 13.8. The van der Waals surface area contributed by atoms with Gasteiger partial charge in [0, 0.05) is 31.0 Å². The number of carbonyl (C=O) groups excluding carboxylic acids is 1. The summed E-state index contributed by atoms with van der Waals surface area (Å²) < 4.78 is 13.8. The van der Waals surface area contributed by atoms with Crippen LogP contribution in [-0.4, -0.2) is 35.1 Å². The molecule has 126 valence electrons. The fraction of sp³-hybridized carbons (Fsp3) is 0.353. The third-order valence-electron chi connectivity index (χ3n) is 3.90. The second-order valence-corrected chi connectivity index (χ2v) is 6.01. The maximum absolute atomic E-state index is 13.8. The normalized spacial score (nSPS) is 17.0. The minimum absolute atomic E-state index is 0.0580. The van der Waals surface area contributed by atoms with Gasteiger partial charge in [0.25, 0.3) is 0 Å². The van der Waals surface area contributed by atoms with Gasteiger partial charge in [0.15, 0.2) is 11.6 Å². The molecular formula is C17H20FN5O. The van der Waals surface area contributed by atoms with Crippen LogP contribution in [-0.2, 0) is 0 Å². The topological polar surface area (TPSA) is 70.2 Å². The van der Waals surface area contributed by atoms with Crippen LogP contribution >= 0.6 is 0 Å². The van der Waals surface area contributed by atoms with E-state index in [2.05, 4.69) is 20.6 Å². The zero-order valence-corrected chi connectivity index (χ0v) is 13.7. The van der Waals surface area contributed by atoms with Gasteiger partial charge in [-0.15, -0.1) is 0 Å². The summed E-state index contributed by atoms with van der Waals surface area (Å²) in [6.45, 7) is 5.02. The number of urea groups is 1. The van der Waals surface area contributed by atoms with Crippen molar-refractivity contribution in [3.8, 4) is 0 Å². The van der Waals surface area contributed by atoms with Crippen molar-refractivity contribution in [2.75, 3.05) is 23.3 Å². The SMILES string of the molecule is Cc1cc(C)nc(NC(=O)NC2CCN(c3ncccc3F)C2)c1. The van der Waals surface area contributed by atoms with Crippen molar-refractivity contribution in [2.24, 2.45) is 0 Å². The molecule has 1 saturated heterocycles. The minimum atomic E-state index is -0.345. The van der Waals surface area contributed by atoms with E-state index >= 15 is 0 Å². The molecular weight excluding hydrogens is 309 g/mol. The zero-order chi connectivity index (χ0) is 17.1. The molecule has 2 N–H and O–H groups in total. The molecule has 3 heterocycles. The van der Waals surface area contributed by atoms with Crippen LogP contribution in [0, 0.1) is 19.7 Å². The maximum Gasteiger partial charge on any atom is 0.320 e. The standard InChI is InChI=1S/C17H20FN5O/c1-11-8-12(2)20-15(9-11)22-17(24)21-13-5-7-23(10-13)16-14(18)4-3-6-19-16/h3-4,6,8-9,13H,5,7,10H2,1-2H3,(H2,20,21,22,24). The van der Waals surface area contributed by atoms with E-state index in [1.807, 2.05) is 30.9 Å². The van der Waals surface area contributed by atoms with Gasteiger partial charge in [-0.2, -0.15) is 0 Å². The highest BCUT2D eigenvalue weighted by Crippen LogP contribution is 2.20. The van der Waals surface area contributed by atoms with E-state index in [9.17, 15) is 9.18 Å². The van der Waals surface area contributed by atoms with Crippen LogP contribution in [0.25, 0.3) is 0 Å². The number of pyridine rings is 2. The van der Waals surface area contributed by atoms with Gasteiger partial charge in [-0.05, 0) is 50.1 Å². The number of aromatic nitrogens is 2. The Hall–Kier alpha value is -2.70. The number of hydrogen-bond acceptors (Lipinski definition) is 4. The number of rotatable bonds is 3. The molecule has 0 aliphatic carbocycles. The van der Waals surface area contributed by atoms with Gasteiger partial charge in [-0.25, -0.2) is 19.2 Å². The molecule has 1 aliphatic rings. The molecule has 6 nitrogen and oxygen atoms in total. The summed E-state index contributed by atoms with van der Waals surface area (Å²) >= 11 is 0. The van der Waals surface area contributed by atoms with Crippen LogP contribution < -0.4 is 15.5 Å². The summed E-state index contributed by atoms with van der Waals surface area (Å²) in [5.41, 5.74) is 1.89. The van der Waals surface area contributed by atoms with Crippen molar-refractivity contribution in [2.45, 2.75) is 26.3 Å². The number of nitrogens with one attached hydrogen (secondary N) is 2. The van der Waals surface area contributed by atoms with Crippen LogP contribution in [0.4, 0.5) is 20.8 Å². The van der Waals surface area contributed by atoms with Gasteiger partial charge in [-0.3, -0.25) is 5.32 Å². The summed E-state index contributed by atoms with van der Waals surface area (Å²) in [5, 5.41) is 5.65. The minimum Gasteiger partial charge on any atom is -0.352 e. The number of nitrogens with zero attached hydrogens (tertiary/aromatic N) is 3. The van der Waals surface area contributed by atoms with Crippen LogP contribution in [0.2, 0.25) is 0 Å². The molecule has 2 amide bonds. The molecule has 0 saturated carbocycles. The quantitative estimate of drug-likeness (QED) is 0.908. The van der Waals surface area contributed by atoms with Crippen LogP contribution in [0.3, 0.4) is 0 Å². The second-order valence-electron chi connectivity index (χ2n) is 6.01. The van der Waals surface area contributed by atoms with Gasteiger partial charge in [-0.1, -0.05) is 0 Å². The third-order valence-corrected chi connectivity index (χ3v) is 3.90. The highest BCUT2D eigenvalue weighted by atomic mass is 19.1. The molecule has 0 aromatic carbocycles. The molecule has 1 fully saturated rings. The zero-order valence-electron chi connectivity index (χ0n) is 13.7.